The molecule has 0 radical (unpaired) electrons. The number of carbonyl (C=O) groups excluding carboxylic acids is 2. The van der Waals surface area contributed by atoms with Crippen LogP contribution in [0.5, 0.6) is 11.5 Å². The summed E-state index contributed by atoms with van der Waals surface area (Å²) in [7, 11) is 2.82. The van der Waals surface area contributed by atoms with Crippen LogP contribution < -0.4 is 9.47 Å². The van der Waals surface area contributed by atoms with Crippen molar-refractivity contribution in [2.24, 2.45) is 0 Å². The maximum atomic E-state index is 12.6. The molecule has 30 heavy (non-hydrogen) atoms. The maximum Gasteiger partial charge on any atom is 0.350 e. The van der Waals surface area contributed by atoms with Gasteiger partial charge in [0.15, 0.2) is 6.29 Å². The van der Waals surface area contributed by atoms with Gasteiger partial charge in [-0.1, -0.05) is 5.57 Å². The van der Waals surface area contributed by atoms with Crippen LogP contribution in [0.25, 0.3) is 0 Å². The van der Waals surface area contributed by atoms with Gasteiger partial charge in [0, 0.05) is 13.0 Å². The first-order chi connectivity index (χ1) is 14.5. The highest BCUT2D eigenvalue weighted by molar-refractivity contribution is 6.04. The molecule has 0 aromatic heterocycles. The molecule has 166 valence electrons. The van der Waals surface area contributed by atoms with Gasteiger partial charge in [-0.15, -0.1) is 0 Å². The van der Waals surface area contributed by atoms with E-state index in [-0.39, 0.29) is 13.0 Å². The largest absolute Gasteiger partial charge is 0.497 e. The fourth-order valence-corrected chi connectivity index (χ4v) is 3.16. The second-order valence-electron chi connectivity index (χ2n) is 6.61. The molecule has 1 aliphatic rings. The Bertz CT molecular complexity index is 727. The van der Waals surface area contributed by atoms with E-state index in [0.29, 0.717) is 26.1 Å². The van der Waals surface area contributed by atoms with Gasteiger partial charge in [0.25, 0.3) is 5.60 Å². The first-order valence-electron chi connectivity index (χ1n) is 10.0. The summed E-state index contributed by atoms with van der Waals surface area (Å²) in [4.78, 5) is 25.1. The molecule has 2 atom stereocenters. The normalized spacial score (nSPS) is 20.8. The number of hydrogen-bond acceptors (Lipinski definition) is 8. The van der Waals surface area contributed by atoms with Gasteiger partial charge in [0.1, 0.15) is 11.5 Å². The van der Waals surface area contributed by atoms with Crippen molar-refractivity contribution in [3.05, 3.63) is 35.9 Å². The lowest BCUT2D eigenvalue weighted by atomic mass is 9.89. The highest BCUT2D eigenvalue weighted by atomic mass is 16.7. The molecule has 1 heterocycles. The monoisotopic (exact) mass is 422 g/mol. The molecule has 1 aliphatic heterocycles. The summed E-state index contributed by atoms with van der Waals surface area (Å²) in [6, 6.07) is 7.32. The van der Waals surface area contributed by atoms with Crippen LogP contribution >= 0.6 is 0 Å². The van der Waals surface area contributed by atoms with Crippen molar-refractivity contribution in [3.63, 3.8) is 0 Å². The molecule has 1 aromatic rings. The smallest absolute Gasteiger partial charge is 0.350 e. The van der Waals surface area contributed by atoms with Gasteiger partial charge >= 0.3 is 11.9 Å². The Morgan fingerprint density at radius 3 is 2.37 bits per heavy atom. The number of carbonyl (C=O) groups is 2. The number of benzene rings is 1. The average molecular weight is 422 g/mol. The topological polar surface area (TPSA) is 89.5 Å². The Balaban J connectivity index is 2.04. The third-order valence-corrected chi connectivity index (χ3v) is 4.59. The zero-order valence-corrected chi connectivity index (χ0v) is 18.0. The van der Waals surface area contributed by atoms with Crippen LogP contribution in [0.15, 0.2) is 35.9 Å². The third-order valence-electron chi connectivity index (χ3n) is 4.59. The van der Waals surface area contributed by atoms with E-state index < -0.39 is 23.8 Å². The van der Waals surface area contributed by atoms with Crippen molar-refractivity contribution in [2.75, 3.05) is 34.0 Å². The molecule has 2 rings (SSSR count). The molecular weight excluding hydrogens is 392 g/mol. The fourth-order valence-electron chi connectivity index (χ4n) is 3.16. The Labute approximate surface area is 177 Å². The van der Waals surface area contributed by atoms with E-state index in [1.54, 1.807) is 27.0 Å². The van der Waals surface area contributed by atoms with Crippen molar-refractivity contribution in [2.45, 2.75) is 45.0 Å². The van der Waals surface area contributed by atoms with Crippen molar-refractivity contribution in [3.8, 4) is 11.5 Å². The Kier molecular flexibility index (Phi) is 9.14. The molecule has 2 unspecified atom stereocenters. The molecule has 0 spiro atoms. The summed E-state index contributed by atoms with van der Waals surface area (Å²) in [5.41, 5.74) is -1.03. The molecule has 0 fully saturated rings. The first-order valence-corrected chi connectivity index (χ1v) is 10.0. The maximum absolute atomic E-state index is 12.6. The summed E-state index contributed by atoms with van der Waals surface area (Å²) < 4.78 is 32.1. The van der Waals surface area contributed by atoms with Gasteiger partial charge in [-0.05, 0) is 57.0 Å². The quantitative estimate of drug-likeness (QED) is 0.233. The Hall–Kier alpha value is -2.58. The molecule has 0 amide bonds. The van der Waals surface area contributed by atoms with Gasteiger partial charge in [0.2, 0.25) is 0 Å². The summed E-state index contributed by atoms with van der Waals surface area (Å²) in [5, 5.41) is 0. The molecule has 0 bridgehead atoms. The van der Waals surface area contributed by atoms with Gasteiger partial charge in [0.05, 0.1) is 27.4 Å². The van der Waals surface area contributed by atoms with Gasteiger partial charge in [-0.2, -0.15) is 0 Å². The molecule has 0 N–H and O–H groups in total. The van der Waals surface area contributed by atoms with E-state index in [1.165, 1.54) is 7.11 Å². The van der Waals surface area contributed by atoms with Crippen LogP contribution in [-0.2, 0) is 28.5 Å². The molecule has 0 saturated carbocycles. The van der Waals surface area contributed by atoms with Crippen LogP contribution in [0.3, 0.4) is 0 Å². The van der Waals surface area contributed by atoms with E-state index >= 15 is 0 Å². The number of rotatable bonds is 11. The Morgan fingerprint density at radius 1 is 1.07 bits per heavy atom. The van der Waals surface area contributed by atoms with Crippen LogP contribution in [0.4, 0.5) is 0 Å². The van der Waals surface area contributed by atoms with Crippen LogP contribution in [0, 0.1) is 0 Å². The SMILES string of the molecule is CCOC(=O)C1(C(=O)OC)CC(CCCOc2ccc(OC)cc2)=CC(OCC)O1. The Morgan fingerprint density at radius 2 is 1.77 bits per heavy atom. The minimum atomic E-state index is -1.87. The van der Waals surface area contributed by atoms with Gasteiger partial charge in [-0.25, -0.2) is 9.59 Å². The molecular formula is C22H30O8. The van der Waals surface area contributed by atoms with E-state index in [1.807, 2.05) is 24.3 Å². The van der Waals surface area contributed by atoms with Crippen LogP contribution in [-0.4, -0.2) is 57.9 Å². The molecule has 8 heteroatoms. The number of methoxy groups -OCH3 is 2. The lowest BCUT2D eigenvalue weighted by Crippen LogP contribution is -2.55. The summed E-state index contributed by atoms with van der Waals surface area (Å²) in [6.45, 7) is 4.41. The summed E-state index contributed by atoms with van der Waals surface area (Å²) in [6.07, 6.45) is 2.27. The van der Waals surface area contributed by atoms with E-state index in [2.05, 4.69) is 0 Å². The molecule has 0 aliphatic carbocycles. The number of ether oxygens (including phenoxy) is 6. The minimum Gasteiger partial charge on any atom is -0.497 e. The van der Waals surface area contributed by atoms with E-state index in [9.17, 15) is 9.59 Å². The van der Waals surface area contributed by atoms with Gasteiger partial charge < -0.3 is 28.4 Å². The lowest BCUT2D eigenvalue weighted by molar-refractivity contribution is -0.223. The highest BCUT2D eigenvalue weighted by Gasteiger charge is 2.54. The van der Waals surface area contributed by atoms with E-state index in [4.69, 9.17) is 28.4 Å². The first kappa shape index (κ1) is 23.7. The van der Waals surface area contributed by atoms with Crippen LogP contribution in [0.2, 0.25) is 0 Å². The molecule has 0 saturated heterocycles. The highest BCUT2D eigenvalue weighted by Crippen LogP contribution is 2.34. The standard InChI is InChI=1S/C22H30O8/c1-5-27-19-14-16(8-7-13-29-18-11-9-17(25-3)10-12-18)15-22(30-19,20(23)26-4)21(24)28-6-2/h9-12,14,19H,5-8,13,15H2,1-4H3. The molecule has 8 nitrogen and oxygen atoms in total. The predicted octanol–water partition coefficient (Wildman–Crippen LogP) is 3.04. The second kappa shape index (κ2) is 11.6. The fraction of sp³-hybridized carbons (Fsp3) is 0.545. The van der Waals surface area contributed by atoms with Crippen molar-refractivity contribution in [1.29, 1.82) is 0 Å². The van der Waals surface area contributed by atoms with E-state index in [0.717, 1.165) is 17.1 Å². The predicted molar refractivity (Wildman–Crippen MR) is 108 cm³/mol. The van der Waals surface area contributed by atoms with Crippen molar-refractivity contribution in [1.82, 2.24) is 0 Å². The van der Waals surface area contributed by atoms with Crippen molar-refractivity contribution < 1.29 is 38.0 Å². The zero-order valence-electron chi connectivity index (χ0n) is 18.0. The van der Waals surface area contributed by atoms with Crippen LogP contribution in [0.1, 0.15) is 33.1 Å². The zero-order chi connectivity index (χ0) is 22.0. The third kappa shape index (κ3) is 5.96. The lowest BCUT2D eigenvalue weighted by Gasteiger charge is -2.36. The number of hydrogen-bond donors (Lipinski definition) is 0. The minimum absolute atomic E-state index is 0.0462. The van der Waals surface area contributed by atoms with Gasteiger partial charge in [-0.3, -0.25) is 0 Å². The average Bonchev–Trinajstić information content (AvgIpc) is 2.76. The summed E-state index contributed by atoms with van der Waals surface area (Å²) >= 11 is 0. The number of esters is 2. The second-order valence-corrected chi connectivity index (χ2v) is 6.61. The molecule has 1 aromatic carbocycles. The summed E-state index contributed by atoms with van der Waals surface area (Å²) in [5.74, 6) is -0.0819. The van der Waals surface area contributed by atoms with Crippen molar-refractivity contribution >= 4 is 11.9 Å².